The molecule has 0 radical (unpaired) electrons. The fourth-order valence-corrected chi connectivity index (χ4v) is 11.3. The lowest BCUT2D eigenvalue weighted by Crippen LogP contribution is -2.46. The van der Waals surface area contributed by atoms with Gasteiger partial charge in [0.15, 0.2) is 0 Å². The van der Waals surface area contributed by atoms with E-state index >= 15 is 0 Å². The molecule has 48 heavy (non-hydrogen) atoms. The van der Waals surface area contributed by atoms with Gasteiger partial charge in [-0.1, -0.05) is 0 Å². The fraction of sp³-hybridized carbons (Fsp3) is 0.840. The van der Waals surface area contributed by atoms with Crippen LogP contribution in [0.2, 0.25) is 0 Å². The summed E-state index contributed by atoms with van der Waals surface area (Å²) in [5.74, 6) is -4.08. The lowest BCUT2D eigenvalue weighted by molar-refractivity contribution is -0.137. The molecule has 0 spiro atoms. The molecule has 23 heteroatoms. The minimum absolute atomic E-state index is 0.0112. The molecule has 0 saturated carbocycles. The Bertz CT molecular complexity index is 1090. The monoisotopic (exact) mass is 770 g/mol. The standard InChI is InChI=1S/C25H50N4O15P4/c1-22(30)2-14-45(37,38)18-26-6-8-27(19-46(39,40)15-3-23(31)32)10-12-29(21-48(43,44)17-5-25(35)36)13-11-28(9-7-26)20-47(41,42)16-4-24(33)34/h2-21H2,1H3,(H,31,32)(H,33,34)(H,35,36)(H,37,38)(H,39,40)(H,41,42)(H,43,44). The summed E-state index contributed by atoms with van der Waals surface area (Å²) in [5, 5.41) is 27.0. The number of carboxylic acids is 3. The number of hydrogen-bond acceptors (Lipinski definition) is 12. The Morgan fingerprint density at radius 1 is 0.438 bits per heavy atom. The first-order chi connectivity index (χ1) is 22.0. The van der Waals surface area contributed by atoms with Crippen LogP contribution in [0, 0.1) is 0 Å². The zero-order valence-electron chi connectivity index (χ0n) is 27.1. The van der Waals surface area contributed by atoms with Crippen molar-refractivity contribution in [1.29, 1.82) is 0 Å². The molecule has 280 valence electrons. The molecule has 0 aliphatic carbocycles. The third-order valence-electron chi connectivity index (χ3n) is 7.45. The van der Waals surface area contributed by atoms with Crippen molar-refractivity contribution in [2.75, 3.05) is 102 Å². The molecule has 1 rings (SSSR count). The number of rotatable bonds is 20. The molecule has 0 aromatic carbocycles. The normalized spacial score (nSPS) is 21.8. The van der Waals surface area contributed by atoms with Gasteiger partial charge in [-0.2, -0.15) is 0 Å². The number of nitrogens with zero attached hydrogens (tertiary/aromatic N) is 4. The van der Waals surface area contributed by atoms with Crippen LogP contribution in [-0.2, 0) is 37.4 Å². The maximum atomic E-state index is 13.0. The number of hydrogen-bond donors (Lipinski definition) is 7. The average molecular weight is 771 g/mol. The number of carboxylic acid groups (broad SMARTS) is 3. The Balaban J connectivity index is 3.39. The molecule has 7 N–H and O–H groups in total. The van der Waals surface area contributed by atoms with E-state index in [4.69, 9.17) is 15.3 Å². The van der Waals surface area contributed by atoms with E-state index in [0.717, 1.165) is 0 Å². The van der Waals surface area contributed by atoms with Crippen molar-refractivity contribution in [3.8, 4) is 0 Å². The predicted octanol–water partition coefficient (Wildman–Crippen LogP) is 0.523. The van der Waals surface area contributed by atoms with Gasteiger partial charge in [0.2, 0.25) is 29.5 Å². The maximum absolute atomic E-state index is 13.0. The number of ketones is 1. The predicted molar refractivity (Wildman–Crippen MR) is 177 cm³/mol. The summed E-state index contributed by atoms with van der Waals surface area (Å²) in [6.45, 7) is 1.50. The van der Waals surface area contributed by atoms with Gasteiger partial charge in [0.25, 0.3) is 0 Å². The summed E-state index contributed by atoms with van der Waals surface area (Å²) in [6, 6.07) is 0. The van der Waals surface area contributed by atoms with Crippen LogP contribution in [0.1, 0.15) is 32.6 Å². The minimum atomic E-state index is -4.03. The first kappa shape index (κ1) is 44.7. The zero-order chi connectivity index (χ0) is 36.8. The van der Waals surface area contributed by atoms with E-state index in [2.05, 4.69) is 0 Å². The van der Waals surface area contributed by atoms with E-state index in [0.29, 0.717) is 0 Å². The van der Waals surface area contributed by atoms with Crippen LogP contribution in [0.4, 0.5) is 0 Å². The molecule has 4 unspecified atom stereocenters. The van der Waals surface area contributed by atoms with Crippen molar-refractivity contribution >= 4 is 53.2 Å². The molecular weight excluding hydrogens is 720 g/mol. The smallest absolute Gasteiger partial charge is 0.303 e. The molecule has 1 fully saturated rings. The van der Waals surface area contributed by atoms with E-state index in [1.807, 2.05) is 0 Å². The van der Waals surface area contributed by atoms with Crippen LogP contribution in [0.3, 0.4) is 0 Å². The summed E-state index contributed by atoms with van der Waals surface area (Å²) in [6.07, 6.45) is -5.34. The first-order valence-electron chi connectivity index (χ1n) is 15.3. The van der Waals surface area contributed by atoms with Crippen LogP contribution in [-0.4, -0.2) is 180 Å². The highest BCUT2D eigenvalue weighted by atomic mass is 31.2. The van der Waals surface area contributed by atoms with Gasteiger partial charge in [0.05, 0.1) is 44.4 Å². The van der Waals surface area contributed by atoms with E-state index in [1.54, 1.807) is 4.90 Å². The fourth-order valence-electron chi connectivity index (χ4n) is 4.82. The number of carbonyl (C=O) groups is 4. The quantitative estimate of drug-likeness (QED) is 0.0831. The van der Waals surface area contributed by atoms with Gasteiger partial charge < -0.3 is 39.7 Å². The SMILES string of the molecule is CC(=O)CCP(=O)(O)CN1CCN(CP(=O)(O)CCC(=O)O)CCN(CP(=O)(O)CCC(=O)O)CCN(CP(=O)(O)CCC(=O)O)CC1. The lowest BCUT2D eigenvalue weighted by atomic mass is 10.4. The Hall–Kier alpha value is -1.32. The number of aliphatic carboxylic acids is 3. The summed E-state index contributed by atoms with van der Waals surface area (Å²) in [5.41, 5.74) is 0. The van der Waals surface area contributed by atoms with Crippen LogP contribution in [0.25, 0.3) is 0 Å². The average Bonchev–Trinajstić information content (AvgIpc) is 2.94. The van der Waals surface area contributed by atoms with Gasteiger partial charge >= 0.3 is 17.9 Å². The van der Waals surface area contributed by atoms with Gasteiger partial charge in [0.1, 0.15) is 5.78 Å². The van der Waals surface area contributed by atoms with Crippen LogP contribution in [0.15, 0.2) is 0 Å². The number of carbonyl (C=O) groups excluding carboxylic acids is 1. The van der Waals surface area contributed by atoms with Gasteiger partial charge in [-0.25, -0.2) is 0 Å². The Morgan fingerprint density at radius 3 is 0.792 bits per heavy atom. The zero-order valence-corrected chi connectivity index (χ0v) is 30.7. The van der Waals surface area contributed by atoms with Gasteiger partial charge in [-0.15, -0.1) is 0 Å². The van der Waals surface area contributed by atoms with Gasteiger partial charge in [0, 0.05) is 83.4 Å². The first-order valence-corrected chi connectivity index (χ1v) is 23.4. The number of Topliss-reactive ketones (excluding diaryl/α,β-unsaturated/α-hetero) is 1. The Kier molecular flexibility index (Phi) is 19.1. The second-order valence-corrected chi connectivity index (χ2v) is 21.9. The highest BCUT2D eigenvalue weighted by Crippen LogP contribution is 2.45. The highest BCUT2D eigenvalue weighted by molar-refractivity contribution is 7.58. The summed E-state index contributed by atoms with van der Waals surface area (Å²) in [4.78, 5) is 93.0. The largest absolute Gasteiger partial charge is 0.481 e. The Morgan fingerprint density at radius 2 is 0.625 bits per heavy atom. The maximum Gasteiger partial charge on any atom is 0.303 e. The second kappa shape index (κ2) is 20.5. The molecule has 19 nitrogen and oxygen atoms in total. The van der Waals surface area contributed by atoms with E-state index in [-0.39, 0.29) is 77.0 Å². The lowest BCUT2D eigenvalue weighted by Gasteiger charge is -2.36. The van der Waals surface area contributed by atoms with Crippen molar-refractivity contribution in [3.05, 3.63) is 0 Å². The van der Waals surface area contributed by atoms with Crippen LogP contribution >= 0.6 is 29.5 Å². The molecular formula is C25H50N4O15P4. The third kappa shape index (κ3) is 21.7. The summed E-state index contributed by atoms with van der Waals surface area (Å²) in [7, 11) is -15.9. The van der Waals surface area contributed by atoms with E-state index < -0.39 is 104 Å². The molecule has 4 atom stereocenters. The highest BCUT2D eigenvalue weighted by Gasteiger charge is 2.31. The minimum Gasteiger partial charge on any atom is -0.481 e. The van der Waals surface area contributed by atoms with Crippen molar-refractivity contribution in [3.63, 3.8) is 0 Å². The van der Waals surface area contributed by atoms with Crippen molar-refractivity contribution < 1.29 is 72.3 Å². The molecule has 0 aromatic heterocycles. The molecule has 1 saturated heterocycles. The topological polar surface area (TPSA) is 291 Å². The second-order valence-electron chi connectivity index (χ2n) is 12.2. The molecule has 1 heterocycles. The Labute approximate surface area is 279 Å². The van der Waals surface area contributed by atoms with Crippen molar-refractivity contribution in [2.24, 2.45) is 0 Å². The summed E-state index contributed by atoms with van der Waals surface area (Å²) < 4.78 is 51.8. The van der Waals surface area contributed by atoms with E-state index in [9.17, 15) is 57.0 Å². The van der Waals surface area contributed by atoms with Gasteiger partial charge in [-0.3, -0.25) is 52.2 Å². The van der Waals surface area contributed by atoms with Gasteiger partial charge in [-0.05, 0) is 6.92 Å². The summed E-state index contributed by atoms with van der Waals surface area (Å²) >= 11 is 0. The van der Waals surface area contributed by atoms with Crippen LogP contribution in [0.5, 0.6) is 0 Å². The molecule has 0 aromatic rings. The molecule has 1 aliphatic rings. The van der Waals surface area contributed by atoms with Crippen LogP contribution < -0.4 is 0 Å². The molecule has 0 amide bonds. The van der Waals surface area contributed by atoms with E-state index in [1.165, 1.54) is 21.6 Å². The molecule has 0 bridgehead atoms. The third-order valence-corrected chi connectivity index (χ3v) is 14.5. The molecule has 1 aliphatic heterocycles. The van der Waals surface area contributed by atoms with Crippen molar-refractivity contribution in [2.45, 2.75) is 32.6 Å². The van der Waals surface area contributed by atoms with Crippen molar-refractivity contribution in [1.82, 2.24) is 19.6 Å².